The van der Waals surface area contributed by atoms with E-state index in [1.165, 1.54) is 17.7 Å². The number of halogens is 1. The number of nitrogens with one attached hydrogen (secondary N) is 1. The van der Waals surface area contributed by atoms with Crippen LogP contribution in [0, 0.1) is 11.3 Å². The Kier molecular flexibility index (Phi) is 4.34. The molecule has 0 aliphatic carbocycles. The molecule has 3 rings (SSSR count). The third kappa shape index (κ3) is 3.02. The topological polar surface area (TPSA) is 79.8 Å². The number of anilines is 1. The highest BCUT2D eigenvalue weighted by Gasteiger charge is 2.13. The minimum Gasteiger partial charge on any atom is -0.361 e. The van der Waals surface area contributed by atoms with Crippen LogP contribution in [0.2, 0.25) is 5.02 Å². The first-order chi connectivity index (χ1) is 11.9. The summed E-state index contributed by atoms with van der Waals surface area (Å²) in [7, 11) is 1.53. The van der Waals surface area contributed by atoms with Crippen LogP contribution in [-0.2, 0) is 7.05 Å². The van der Waals surface area contributed by atoms with Crippen molar-refractivity contribution in [3.8, 4) is 6.07 Å². The van der Waals surface area contributed by atoms with E-state index < -0.39 is 6.17 Å². The number of benzene rings is 1. The van der Waals surface area contributed by atoms with Gasteiger partial charge in [-0.2, -0.15) is 5.26 Å². The highest BCUT2D eigenvalue weighted by atomic mass is 35.5. The van der Waals surface area contributed by atoms with Gasteiger partial charge in [0, 0.05) is 18.1 Å². The van der Waals surface area contributed by atoms with Crippen molar-refractivity contribution in [3.05, 3.63) is 73.9 Å². The van der Waals surface area contributed by atoms with Gasteiger partial charge in [0.2, 0.25) is 0 Å². The van der Waals surface area contributed by atoms with E-state index in [2.05, 4.69) is 5.32 Å². The van der Waals surface area contributed by atoms with E-state index in [4.69, 9.17) is 16.9 Å². The van der Waals surface area contributed by atoms with E-state index >= 15 is 0 Å². The summed E-state index contributed by atoms with van der Waals surface area (Å²) >= 11 is 6.01. The molecule has 2 heterocycles. The fourth-order valence-electron chi connectivity index (χ4n) is 2.78. The Bertz CT molecular complexity index is 1120. The molecule has 0 radical (unpaired) electrons. The van der Waals surface area contributed by atoms with Crippen molar-refractivity contribution in [3.63, 3.8) is 0 Å². The summed E-state index contributed by atoms with van der Waals surface area (Å²) in [4.78, 5) is 24.7. The van der Waals surface area contributed by atoms with Crippen LogP contribution >= 0.6 is 11.6 Å². The van der Waals surface area contributed by atoms with Crippen molar-refractivity contribution < 1.29 is 0 Å². The minimum absolute atomic E-state index is 0.194. The van der Waals surface area contributed by atoms with Gasteiger partial charge in [0.15, 0.2) is 0 Å². The van der Waals surface area contributed by atoms with Crippen LogP contribution in [0.4, 0.5) is 5.69 Å². The first kappa shape index (κ1) is 16.8. The van der Waals surface area contributed by atoms with Crippen molar-refractivity contribution in [1.29, 1.82) is 5.26 Å². The van der Waals surface area contributed by atoms with Crippen LogP contribution in [0.25, 0.3) is 10.9 Å². The molecule has 1 atom stereocenters. The SMILES string of the molecule is CC(Nc1ccc(C#N)n(C)c1=O)n1c(=O)ccc2cc(Cl)ccc21. The second kappa shape index (κ2) is 6.46. The Hall–Kier alpha value is -3.04. The summed E-state index contributed by atoms with van der Waals surface area (Å²) < 4.78 is 2.82. The summed E-state index contributed by atoms with van der Waals surface area (Å²) in [6, 6.07) is 13.5. The van der Waals surface area contributed by atoms with Crippen LogP contribution < -0.4 is 16.4 Å². The maximum atomic E-state index is 12.4. The Balaban J connectivity index is 2.07. The lowest BCUT2D eigenvalue weighted by atomic mass is 10.2. The minimum atomic E-state index is -0.474. The molecule has 25 heavy (non-hydrogen) atoms. The van der Waals surface area contributed by atoms with Gasteiger partial charge < -0.3 is 9.88 Å². The van der Waals surface area contributed by atoms with Crippen molar-refractivity contribution in [2.45, 2.75) is 13.1 Å². The second-order valence-corrected chi connectivity index (χ2v) is 6.11. The van der Waals surface area contributed by atoms with Crippen LogP contribution in [0.1, 0.15) is 18.8 Å². The van der Waals surface area contributed by atoms with Gasteiger partial charge in [-0.3, -0.25) is 14.2 Å². The normalized spacial score (nSPS) is 11.9. The molecule has 0 spiro atoms. The van der Waals surface area contributed by atoms with Crippen LogP contribution in [0.5, 0.6) is 0 Å². The van der Waals surface area contributed by atoms with Crippen LogP contribution in [-0.4, -0.2) is 9.13 Å². The summed E-state index contributed by atoms with van der Waals surface area (Å²) in [5.74, 6) is 0. The molecule has 0 aliphatic heterocycles. The quantitative estimate of drug-likeness (QED) is 0.784. The lowest BCUT2D eigenvalue weighted by Gasteiger charge is -2.20. The van der Waals surface area contributed by atoms with Gasteiger partial charge in [0.25, 0.3) is 11.1 Å². The lowest BCUT2D eigenvalue weighted by Crippen LogP contribution is -2.30. The first-order valence-electron chi connectivity index (χ1n) is 7.60. The molecule has 1 aromatic carbocycles. The molecule has 3 aromatic rings. The molecule has 6 nitrogen and oxygen atoms in total. The smallest absolute Gasteiger partial charge is 0.274 e. The van der Waals surface area contributed by atoms with Gasteiger partial charge in [-0.1, -0.05) is 11.6 Å². The molecule has 0 bridgehead atoms. The molecular weight excluding hydrogens is 340 g/mol. The van der Waals surface area contributed by atoms with Gasteiger partial charge in [-0.25, -0.2) is 0 Å². The number of hydrogen-bond donors (Lipinski definition) is 1. The fraction of sp³-hybridized carbons (Fsp3) is 0.167. The molecule has 0 amide bonds. The largest absolute Gasteiger partial charge is 0.361 e. The Morgan fingerprint density at radius 3 is 2.64 bits per heavy atom. The third-order valence-electron chi connectivity index (χ3n) is 4.06. The van der Waals surface area contributed by atoms with E-state index in [1.54, 1.807) is 47.9 Å². The zero-order valence-corrected chi connectivity index (χ0v) is 14.4. The van der Waals surface area contributed by atoms with E-state index in [0.717, 1.165) is 5.39 Å². The standard InChI is InChI=1S/C18H15ClN4O2/c1-11(21-15-6-5-14(10-20)22(2)18(15)25)23-16-7-4-13(19)9-12(16)3-8-17(23)24/h3-9,11,21H,1-2H3. The van der Waals surface area contributed by atoms with Gasteiger partial charge in [0.1, 0.15) is 23.6 Å². The molecule has 7 heteroatoms. The lowest BCUT2D eigenvalue weighted by molar-refractivity contribution is 0.613. The average molecular weight is 355 g/mol. The van der Waals surface area contributed by atoms with E-state index in [0.29, 0.717) is 16.2 Å². The monoisotopic (exact) mass is 354 g/mol. The van der Waals surface area contributed by atoms with Gasteiger partial charge >= 0.3 is 0 Å². The maximum absolute atomic E-state index is 12.4. The molecule has 0 saturated heterocycles. The molecule has 1 unspecified atom stereocenters. The molecule has 2 aromatic heterocycles. The number of pyridine rings is 2. The third-order valence-corrected chi connectivity index (χ3v) is 4.30. The predicted molar refractivity (Wildman–Crippen MR) is 97.9 cm³/mol. The summed E-state index contributed by atoms with van der Waals surface area (Å²) in [6.45, 7) is 1.78. The van der Waals surface area contributed by atoms with Crippen LogP contribution in [0.15, 0.2) is 52.1 Å². The zero-order valence-electron chi connectivity index (χ0n) is 13.7. The molecule has 0 fully saturated rings. The van der Waals surface area contributed by atoms with E-state index in [1.807, 2.05) is 6.07 Å². The van der Waals surface area contributed by atoms with Gasteiger partial charge in [-0.05, 0) is 48.7 Å². The number of rotatable bonds is 3. The number of nitrogens with zero attached hydrogens (tertiary/aromatic N) is 3. The number of hydrogen-bond acceptors (Lipinski definition) is 4. The van der Waals surface area contributed by atoms with E-state index in [-0.39, 0.29) is 16.8 Å². The molecule has 126 valence electrons. The molecular formula is C18H15ClN4O2. The summed E-state index contributed by atoms with van der Waals surface area (Å²) in [6.07, 6.45) is -0.474. The van der Waals surface area contributed by atoms with Crippen molar-refractivity contribution in [1.82, 2.24) is 9.13 Å². The first-order valence-corrected chi connectivity index (χ1v) is 7.97. The summed E-state index contributed by atoms with van der Waals surface area (Å²) in [5.41, 5.74) is 0.761. The fourth-order valence-corrected chi connectivity index (χ4v) is 2.97. The maximum Gasteiger partial charge on any atom is 0.274 e. The Morgan fingerprint density at radius 1 is 1.16 bits per heavy atom. The Morgan fingerprint density at radius 2 is 1.92 bits per heavy atom. The van der Waals surface area contributed by atoms with Crippen molar-refractivity contribution >= 4 is 28.2 Å². The predicted octanol–water partition coefficient (Wildman–Crippen LogP) is 2.86. The zero-order chi connectivity index (χ0) is 18.1. The highest BCUT2D eigenvalue weighted by Crippen LogP contribution is 2.20. The number of fused-ring (bicyclic) bond motifs is 1. The van der Waals surface area contributed by atoms with Crippen LogP contribution in [0.3, 0.4) is 0 Å². The average Bonchev–Trinajstić information content (AvgIpc) is 2.59. The molecule has 1 N–H and O–H groups in total. The molecule has 0 saturated carbocycles. The van der Waals surface area contributed by atoms with E-state index in [9.17, 15) is 9.59 Å². The van der Waals surface area contributed by atoms with Gasteiger partial charge in [-0.15, -0.1) is 0 Å². The number of aromatic nitrogens is 2. The number of nitriles is 1. The highest BCUT2D eigenvalue weighted by molar-refractivity contribution is 6.31. The second-order valence-electron chi connectivity index (χ2n) is 5.67. The molecule has 0 aliphatic rings. The van der Waals surface area contributed by atoms with Gasteiger partial charge in [0.05, 0.1) is 5.52 Å². The van der Waals surface area contributed by atoms with Crippen molar-refractivity contribution in [2.24, 2.45) is 7.05 Å². The Labute approximate surface area is 148 Å². The summed E-state index contributed by atoms with van der Waals surface area (Å²) in [5, 5.41) is 13.4. The van der Waals surface area contributed by atoms with Crippen molar-refractivity contribution in [2.75, 3.05) is 5.32 Å².